The molecule has 0 aliphatic carbocycles. The Bertz CT molecular complexity index is 851. The van der Waals surface area contributed by atoms with E-state index in [0.717, 1.165) is 17.5 Å². The first-order chi connectivity index (χ1) is 14.1. The van der Waals surface area contributed by atoms with Gasteiger partial charge in [0, 0.05) is 12.1 Å². The zero-order chi connectivity index (χ0) is 21.1. The van der Waals surface area contributed by atoms with Gasteiger partial charge in [-0.3, -0.25) is 9.59 Å². The molecule has 4 N–H and O–H groups in total. The summed E-state index contributed by atoms with van der Waals surface area (Å²) in [6, 6.07) is 14.9. The summed E-state index contributed by atoms with van der Waals surface area (Å²) < 4.78 is 5.07. The largest absolute Gasteiger partial charge is 0.466 e. The first-order valence-corrected chi connectivity index (χ1v) is 9.68. The van der Waals surface area contributed by atoms with Gasteiger partial charge in [0.15, 0.2) is 0 Å². The van der Waals surface area contributed by atoms with Crippen molar-refractivity contribution in [2.24, 2.45) is 10.8 Å². The van der Waals surface area contributed by atoms with E-state index in [2.05, 4.69) is 15.7 Å². The molecule has 0 heterocycles. The molecule has 0 bridgehead atoms. The summed E-state index contributed by atoms with van der Waals surface area (Å²) in [5, 5.41) is 2.92. The minimum Gasteiger partial charge on any atom is -0.466 e. The fourth-order valence-electron chi connectivity index (χ4n) is 3.00. The lowest BCUT2D eigenvalue weighted by Gasteiger charge is -2.16. The number of carbonyl (C=O) groups excluding carboxylic acids is 2. The highest BCUT2D eigenvalue weighted by atomic mass is 16.5. The molecule has 0 saturated carbocycles. The number of nitrogens with two attached hydrogens (primary N) is 1. The Morgan fingerprint density at radius 2 is 1.97 bits per heavy atom. The number of nitrogens with zero attached hydrogens (tertiary/aromatic N) is 1. The number of ether oxygens (including phenoxy) is 1. The fourth-order valence-corrected chi connectivity index (χ4v) is 3.00. The summed E-state index contributed by atoms with van der Waals surface area (Å²) in [6.45, 7) is 4.63. The van der Waals surface area contributed by atoms with Crippen molar-refractivity contribution < 1.29 is 14.3 Å². The van der Waals surface area contributed by atoms with Crippen LogP contribution in [0.4, 0.5) is 5.69 Å². The van der Waals surface area contributed by atoms with Crippen molar-refractivity contribution in [3.05, 3.63) is 65.2 Å². The number of nitrogens with one attached hydrogen (secondary N) is 2. The Balaban J connectivity index is 2.02. The van der Waals surface area contributed by atoms with E-state index in [9.17, 15) is 9.59 Å². The third-order valence-electron chi connectivity index (χ3n) is 4.48. The van der Waals surface area contributed by atoms with Crippen LogP contribution >= 0.6 is 0 Å². The van der Waals surface area contributed by atoms with Crippen molar-refractivity contribution in [2.75, 3.05) is 6.61 Å². The molecule has 0 aliphatic rings. The van der Waals surface area contributed by atoms with Gasteiger partial charge >= 0.3 is 5.97 Å². The van der Waals surface area contributed by atoms with E-state index in [4.69, 9.17) is 10.6 Å². The molecule has 7 nitrogen and oxygen atoms in total. The van der Waals surface area contributed by atoms with Crippen LogP contribution in [0.15, 0.2) is 53.5 Å². The predicted octanol–water partition coefficient (Wildman–Crippen LogP) is 3.19. The van der Waals surface area contributed by atoms with Crippen molar-refractivity contribution in [1.29, 1.82) is 0 Å². The molecule has 29 heavy (non-hydrogen) atoms. The van der Waals surface area contributed by atoms with E-state index in [0.29, 0.717) is 30.8 Å². The summed E-state index contributed by atoms with van der Waals surface area (Å²) >= 11 is 0. The molecule has 0 spiro atoms. The Kier molecular flexibility index (Phi) is 8.85. The van der Waals surface area contributed by atoms with E-state index < -0.39 is 0 Å². The van der Waals surface area contributed by atoms with Gasteiger partial charge in [0.1, 0.15) is 6.34 Å². The number of hydrogen-bond acceptors (Lipinski definition) is 5. The minimum atomic E-state index is -0.189. The number of benzene rings is 2. The van der Waals surface area contributed by atoms with Crippen LogP contribution in [-0.2, 0) is 16.1 Å². The van der Waals surface area contributed by atoms with E-state index in [1.165, 1.54) is 6.34 Å². The van der Waals surface area contributed by atoms with Crippen LogP contribution in [-0.4, -0.2) is 24.8 Å². The Labute approximate surface area is 171 Å². The molecular weight excluding hydrogens is 368 g/mol. The lowest BCUT2D eigenvalue weighted by molar-refractivity contribution is -0.143. The third-order valence-corrected chi connectivity index (χ3v) is 4.48. The molecule has 0 saturated heterocycles. The van der Waals surface area contributed by atoms with Crippen LogP contribution in [0.3, 0.4) is 0 Å². The number of carbonyl (C=O) groups is 2. The SMILES string of the molecule is CCOC(=O)CC(CC)c1cccc(CNC(=O)c2cccc(N=CNN)c2)c1. The Morgan fingerprint density at radius 3 is 2.69 bits per heavy atom. The van der Waals surface area contributed by atoms with Crippen molar-refractivity contribution in [3.8, 4) is 0 Å². The summed E-state index contributed by atoms with van der Waals surface area (Å²) in [5.74, 6) is 4.88. The van der Waals surface area contributed by atoms with Crippen molar-refractivity contribution in [3.63, 3.8) is 0 Å². The number of hydrazine groups is 1. The van der Waals surface area contributed by atoms with Crippen LogP contribution in [0.1, 0.15) is 54.1 Å². The highest BCUT2D eigenvalue weighted by molar-refractivity contribution is 5.95. The zero-order valence-electron chi connectivity index (χ0n) is 16.9. The van der Waals surface area contributed by atoms with Gasteiger partial charge in [-0.05, 0) is 48.6 Å². The van der Waals surface area contributed by atoms with E-state index in [1.54, 1.807) is 31.2 Å². The maximum atomic E-state index is 12.5. The van der Waals surface area contributed by atoms with Gasteiger partial charge in [-0.2, -0.15) is 0 Å². The van der Waals surface area contributed by atoms with Crippen molar-refractivity contribution in [1.82, 2.24) is 10.7 Å². The third kappa shape index (κ3) is 7.04. The van der Waals surface area contributed by atoms with Crippen LogP contribution in [0.25, 0.3) is 0 Å². The standard InChI is InChI=1S/C22H28N4O3/c1-3-17(13-21(27)29-4-2)18-8-5-7-16(11-18)14-24-22(28)19-9-6-10-20(12-19)25-15-26-23/h5-12,15,17H,3-4,13-14,23H2,1-2H3,(H,24,28)(H,25,26). The van der Waals surface area contributed by atoms with Gasteiger partial charge in [-0.1, -0.05) is 37.3 Å². The van der Waals surface area contributed by atoms with E-state index in [-0.39, 0.29) is 17.8 Å². The molecule has 0 fully saturated rings. The topological polar surface area (TPSA) is 106 Å². The lowest BCUT2D eigenvalue weighted by atomic mass is 9.92. The first-order valence-electron chi connectivity index (χ1n) is 9.68. The van der Waals surface area contributed by atoms with E-state index >= 15 is 0 Å². The molecule has 0 radical (unpaired) electrons. The molecule has 1 atom stereocenters. The Hall–Kier alpha value is -3.19. The molecule has 1 amide bonds. The quantitative estimate of drug-likeness (QED) is 0.188. The van der Waals surface area contributed by atoms with Crippen molar-refractivity contribution in [2.45, 2.75) is 39.2 Å². The summed E-state index contributed by atoms with van der Waals surface area (Å²) in [7, 11) is 0. The number of amides is 1. The molecule has 0 aromatic heterocycles. The fraction of sp³-hybridized carbons (Fsp3) is 0.318. The molecule has 2 rings (SSSR count). The maximum Gasteiger partial charge on any atom is 0.306 e. The second kappa shape index (κ2) is 11.6. The average Bonchev–Trinajstić information content (AvgIpc) is 2.75. The van der Waals surface area contributed by atoms with Gasteiger partial charge in [0.25, 0.3) is 5.91 Å². The molecule has 154 valence electrons. The average molecular weight is 396 g/mol. The summed E-state index contributed by atoms with van der Waals surface area (Å²) in [6.07, 6.45) is 2.54. The second-order valence-electron chi connectivity index (χ2n) is 6.52. The number of hydrogen-bond donors (Lipinski definition) is 3. The number of aliphatic imine (C=N–C) groups is 1. The van der Waals surface area contributed by atoms with Crippen LogP contribution < -0.4 is 16.6 Å². The lowest BCUT2D eigenvalue weighted by Crippen LogP contribution is -2.22. The molecular formula is C22H28N4O3. The van der Waals surface area contributed by atoms with Gasteiger partial charge in [0.05, 0.1) is 18.7 Å². The zero-order valence-corrected chi connectivity index (χ0v) is 16.9. The van der Waals surface area contributed by atoms with Crippen LogP contribution in [0.5, 0.6) is 0 Å². The molecule has 7 heteroatoms. The minimum absolute atomic E-state index is 0.0930. The summed E-state index contributed by atoms with van der Waals surface area (Å²) in [5.41, 5.74) is 5.51. The molecule has 2 aromatic carbocycles. The molecule has 1 unspecified atom stereocenters. The molecule has 0 aliphatic heterocycles. The van der Waals surface area contributed by atoms with Gasteiger partial charge < -0.3 is 15.5 Å². The monoisotopic (exact) mass is 396 g/mol. The normalized spacial score (nSPS) is 11.8. The van der Waals surface area contributed by atoms with Crippen molar-refractivity contribution >= 4 is 23.9 Å². The van der Waals surface area contributed by atoms with Crippen LogP contribution in [0, 0.1) is 0 Å². The van der Waals surface area contributed by atoms with Gasteiger partial charge in [0.2, 0.25) is 0 Å². The smallest absolute Gasteiger partial charge is 0.306 e. The number of rotatable bonds is 10. The van der Waals surface area contributed by atoms with Crippen LogP contribution in [0.2, 0.25) is 0 Å². The predicted molar refractivity (Wildman–Crippen MR) is 114 cm³/mol. The second-order valence-corrected chi connectivity index (χ2v) is 6.52. The van der Waals surface area contributed by atoms with E-state index in [1.807, 2.05) is 31.2 Å². The van der Waals surface area contributed by atoms with Gasteiger partial charge in [-0.15, -0.1) is 0 Å². The first kappa shape index (κ1) is 22.1. The Morgan fingerprint density at radius 1 is 1.17 bits per heavy atom. The highest BCUT2D eigenvalue weighted by Gasteiger charge is 2.15. The summed E-state index contributed by atoms with van der Waals surface area (Å²) in [4.78, 5) is 28.4. The molecule has 2 aromatic rings. The number of esters is 1. The van der Waals surface area contributed by atoms with Gasteiger partial charge in [-0.25, -0.2) is 10.8 Å². The maximum absolute atomic E-state index is 12.5. The highest BCUT2D eigenvalue weighted by Crippen LogP contribution is 2.24.